The number of amides is 1. The largest absolute Gasteiger partial charge is 0.274 e. The average molecular weight is 322 g/mol. The third kappa shape index (κ3) is 3.40. The number of carbonyl (C=O) groups is 1. The van der Waals surface area contributed by atoms with Gasteiger partial charge in [0, 0.05) is 23.9 Å². The van der Waals surface area contributed by atoms with Crippen LogP contribution in [0.4, 0.5) is 0 Å². The summed E-state index contributed by atoms with van der Waals surface area (Å²) in [5.41, 5.74) is 9.21. The average Bonchev–Trinajstić information content (AvgIpc) is 2.86. The molecule has 1 saturated heterocycles. The zero-order chi connectivity index (χ0) is 16.2. The van der Waals surface area contributed by atoms with Crippen molar-refractivity contribution in [1.29, 1.82) is 0 Å². The van der Waals surface area contributed by atoms with Crippen molar-refractivity contribution in [1.82, 2.24) is 4.31 Å². The number of rotatable bonds is 6. The van der Waals surface area contributed by atoms with Gasteiger partial charge in [-0.3, -0.25) is 4.79 Å². The molecule has 8 heteroatoms. The van der Waals surface area contributed by atoms with E-state index in [9.17, 15) is 13.2 Å². The smallest absolute Gasteiger partial charge is 0.266 e. The summed E-state index contributed by atoms with van der Waals surface area (Å²) in [7, 11) is -3.82. The minimum absolute atomic E-state index is 0.133. The highest BCUT2D eigenvalue weighted by molar-refractivity contribution is 7.89. The van der Waals surface area contributed by atoms with Gasteiger partial charge in [0.25, 0.3) is 10.0 Å². The molecule has 0 radical (unpaired) electrons. The van der Waals surface area contributed by atoms with Crippen LogP contribution < -0.4 is 0 Å². The van der Waals surface area contributed by atoms with Crippen molar-refractivity contribution in [2.75, 3.05) is 6.54 Å². The number of sulfonamides is 1. The Labute approximate surface area is 129 Å². The summed E-state index contributed by atoms with van der Waals surface area (Å²) in [6.07, 6.45) is 1.81. The third-order valence-corrected chi connectivity index (χ3v) is 5.59. The van der Waals surface area contributed by atoms with E-state index in [1.807, 2.05) is 6.92 Å². The Bertz CT molecular complexity index is 693. The lowest BCUT2D eigenvalue weighted by Gasteiger charge is -2.24. The Morgan fingerprint density at radius 2 is 2.05 bits per heavy atom. The Morgan fingerprint density at radius 3 is 2.68 bits per heavy atom. The lowest BCUT2D eigenvalue weighted by atomic mass is 10.1. The van der Waals surface area contributed by atoms with E-state index < -0.39 is 10.0 Å². The van der Waals surface area contributed by atoms with Gasteiger partial charge in [0.05, 0.1) is 4.90 Å². The highest BCUT2D eigenvalue weighted by Crippen LogP contribution is 2.29. The van der Waals surface area contributed by atoms with Crippen LogP contribution in [-0.2, 0) is 14.8 Å². The molecule has 1 fully saturated rings. The number of azide groups is 1. The Morgan fingerprint density at radius 1 is 1.36 bits per heavy atom. The van der Waals surface area contributed by atoms with E-state index in [0.717, 1.165) is 9.87 Å². The maximum Gasteiger partial charge on any atom is 0.266 e. The van der Waals surface area contributed by atoms with Crippen LogP contribution in [0.1, 0.15) is 31.2 Å². The molecule has 118 valence electrons. The Kier molecular flexibility index (Phi) is 5.05. The van der Waals surface area contributed by atoms with Crippen LogP contribution >= 0.6 is 0 Å². The second-order valence-corrected chi connectivity index (χ2v) is 7.11. The molecule has 1 aromatic carbocycles. The predicted octanol–water partition coefficient (Wildman–Crippen LogP) is 2.77. The summed E-state index contributed by atoms with van der Waals surface area (Å²) in [6, 6.07) is 6.11. The summed E-state index contributed by atoms with van der Waals surface area (Å²) in [4.78, 5) is 14.8. The van der Waals surface area contributed by atoms with E-state index in [-0.39, 0.29) is 23.3 Å². The van der Waals surface area contributed by atoms with E-state index in [1.54, 1.807) is 12.1 Å². The molecule has 1 atom stereocenters. The summed E-state index contributed by atoms with van der Waals surface area (Å²) >= 11 is 0. The van der Waals surface area contributed by atoms with Crippen LogP contribution in [0.2, 0.25) is 0 Å². The van der Waals surface area contributed by atoms with Crippen LogP contribution in [0.15, 0.2) is 34.3 Å². The summed E-state index contributed by atoms with van der Waals surface area (Å²) in [6.45, 7) is 2.18. The molecular weight excluding hydrogens is 304 g/mol. The molecule has 0 N–H and O–H groups in total. The molecule has 1 aromatic rings. The molecule has 1 aliphatic heterocycles. The number of aryl methyl sites for hydroxylation is 1. The number of hydrogen-bond donors (Lipinski definition) is 0. The Hall–Kier alpha value is -2.05. The normalized spacial score (nSPS) is 18.3. The molecule has 1 heterocycles. The first-order valence-corrected chi connectivity index (χ1v) is 8.55. The predicted molar refractivity (Wildman–Crippen MR) is 81.5 cm³/mol. The van der Waals surface area contributed by atoms with Crippen molar-refractivity contribution in [3.05, 3.63) is 40.3 Å². The van der Waals surface area contributed by atoms with Crippen LogP contribution in [0, 0.1) is 6.92 Å². The van der Waals surface area contributed by atoms with Crippen LogP contribution in [0.3, 0.4) is 0 Å². The maximum atomic E-state index is 12.7. The van der Waals surface area contributed by atoms with Gasteiger partial charge < -0.3 is 0 Å². The van der Waals surface area contributed by atoms with Gasteiger partial charge in [-0.15, -0.1) is 0 Å². The zero-order valence-electron chi connectivity index (χ0n) is 12.3. The maximum absolute atomic E-state index is 12.7. The minimum Gasteiger partial charge on any atom is -0.274 e. The highest BCUT2D eigenvalue weighted by atomic mass is 32.2. The zero-order valence-corrected chi connectivity index (χ0v) is 13.2. The topological polar surface area (TPSA) is 103 Å². The molecule has 0 saturated carbocycles. The van der Waals surface area contributed by atoms with Crippen molar-refractivity contribution in [2.45, 2.75) is 43.5 Å². The second-order valence-electron chi connectivity index (χ2n) is 5.30. The second kappa shape index (κ2) is 6.81. The molecule has 7 nitrogen and oxygen atoms in total. The quantitative estimate of drug-likeness (QED) is 0.348. The fourth-order valence-electron chi connectivity index (χ4n) is 2.58. The van der Waals surface area contributed by atoms with Crippen molar-refractivity contribution in [3.63, 3.8) is 0 Å². The van der Waals surface area contributed by atoms with Crippen LogP contribution in [0.5, 0.6) is 0 Å². The van der Waals surface area contributed by atoms with Gasteiger partial charge in [-0.25, -0.2) is 12.7 Å². The van der Waals surface area contributed by atoms with Gasteiger partial charge in [-0.2, -0.15) is 0 Å². The van der Waals surface area contributed by atoms with Gasteiger partial charge in [-0.05, 0) is 43.9 Å². The number of benzene rings is 1. The molecule has 0 aliphatic carbocycles. The van der Waals surface area contributed by atoms with Gasteiger partial charge in [-0.1, -0.05) is 22.8 Å². The molecule has 0 bridgehead atoms. The Balaban J connectivity index is 2.20. The van der Waals surface area contributed by atoms with E-state index in [4.69, 9.17) is 5.53 Å². The van der Waals surface area contributed by atoms with E-state index in [1.165, 1.54) is 12.1 Å². The first-order chi connectivity index (χ1) is 10.5. The van der Waals surface area contributed by atoms with Crippen LogP contribution in [0.25, 0.3) is 10.4 Å². The first kappa shape index (κ1) is 16.3. The van der Waals surface area contributed by atoms with Gasteiger partial charge in [0.1, 0.15) is 0 Å². The summed E-state index contributed by atoms with van der Waals surface area (Å²) < 4.78 is 26.4. The molecule has 1 amide bonds. The minimum atomic E-state index is -3.82. The summed E-state index contributed by atoms with van der Waals surface area (Å²) in [5.74, 6) is -0.366. The highest BCUT2D eigenvalue weighted by Gasteiger charge is 2.39. The van der Waals surface area contributed by atoms with E-state index >= 15 is 0 Å². The number of carbonyl (C=O) groups excluding carboxylic acids is 1. The lowest BCUT2D eigenvalue weighted by Crippen LogP contribution is -2.38. The number of hydrogen-bond acceptors (Lipinski definition) is 4. The molecule has 1 aliphatic rings. The van der Waals surface area contributed by atoms with Crippen molar-refractivity contribution < 1.29 is 13.2 Å². The molecule has 22 heavy (non-hydrogen) atoms. The first-order valence-electron chi connectivity index (χ1n) is 7.11. The fraction of sp³-hybridized carbons (Fsp3) is 0.500. The number of nitrogens with zero attached hydrogens (tertiary/aromatic N) is 4. The van der Waals surface area contributed by atoms with Crippen molar-refractivity contribution in [3.8, 4) is 0 Å². The molecule has 0 spiro atoms. The molecule has 0 aromatic heterocycles. The molecule has 2 rings (SSSR count). The van der Waals surface area contributed by atoms with Crippen LogP contribution in [-0.4, -0.2) is 31.2 Å². The standard InChI is InChI=1S/C14H18N4O3S/c1-11-4-7-13(8-5-11)22(20,21)18-12(6-9-14(18)19)3-2-10-16-17-15/h4-5,7-8,12H,2-3,6,9-10H2,1H3/t12-/m1/s1. The molecule has 0 unspecified atom stereocenters. The SMILES string of the molecule is Cc1ccc(S(=O)(=O)N2C(=O)CC[C@H]2CCCN=[N+]=[N-])cc1. The third-order valence-electron chi connectivity index (χ3n) is 3.71. The van der Waals surface area contributed by atoms with Gasteiger partial charge >= 0.3 is 0 Å². The van der Waals surface area contributed by atoms with Gasteiger partial charge in [0.2, 0.25) is 5.91 Å². The molecular formula is C14H18N4O3S. The summed E-state index contributed by atoms with van der Waals surface area (Å²) in [5, 5.41) is 3.43. The fourth-order valence-corrected chi connectivity index (χ4v) is 4.25. The van der Waals surface area contributed by atoms with Gasteiger partial charge in [0.15, 0.2) is 0 Å². The van der Waals surface area contributed by atoms with Crippen molar-refractivity contribution in [2.24, 2.45) is 5.11 Å². The van der Waals surface area contributed by atoms with E-state index in [2.05, 4.69) is 10.0 Å². The lowest BCUT2D eigenvalue weighted by molar-refractivity contribution is -0.124. The van der Waals surface area contributed by atoms with Crippen molar-refractivity contribution >= 4 is 15.9 Å². The van der Waals surface area contributed by atoms with E-state index in [0.29, 0.717) is 25.8 Å². The monoisotopic (exact) mass is 322 g/mol.